The molecule has 1 saturated heterocycles. The highest BCUT2D eigenvalue weighted by molar-refractivity contribution is 7.78. The molecule has 5 amide bonds. The van der Waals surface area contributed by atoms with Gasteiger partial charge in [-0.3, -0.25) is 24.0 Å². The average Bonchev–Trinajstić information content (AvgIpc) is 3.71. The Hall–Kier alpha value is -7.95. The van der Waals surface area contributed by atoms with Crippen LogP contribution < -0.4 is 37.3 Å². The number of carbonyl (C=O) groups excluding carboxylic acids is 6. The van der Waals surface area contributed by atoms with Crippen LogP contribution in [-0.2, 0) is 51.3 Å². The van der Waals surface area contributed by atoms with Gasteiger partial charge in [0.05, 0.1) is 6.42 Å². The molecule has 3 N–H and O–H groups in total. The van der Waals surface area contributed by atoms with Gasteiger partial charge in [0.25, 0.3) is 17.7 Å². The third-order valence-corrected chi connectivity index (χ3v) is 15.7. The highest BCUT2D eigenvalue weighted by Crippen LogP contribution is 2.43. The lowest BCUT2D eigenvalue weighted by molar-refractivity contribution is -0.197. The second-order valence-electron chi connectivity index (χ2n) is 14.9. The minimum Gasteiger partial charge on any atom is -0.361 e. The van der Waals surface area contributed by atoms with E-state index < -0.39 is 50.6 Å². The van der Waals surface area contributed by atoms with Crippen molar-refractivity contribution in [2.75, 3.05) is 12.3 Å². The SMILES string of the molecule is C.C.C.O=C(/C=N/NC(=O)CCP(=O)(c1ccccc1)c1ccccc1)NCc1ccccc1.O=C(CCP(c1ccccc1)c1ccccc1)ON1C(=O)CCC1=O.[N-]=[N+]=CC(=O)NCc1ccccc1. The van der Waals surface area contributed by atoms with Gasteiger partial charge in [-0.2, -0.15) is 9.89 Å². The fraction of sp³-hybridized carbons (Fsp3) is 0.200. The van der Waals surface area contributed by atoms with Crippen molar-refractivity contribution in [1.82, 2.24) is 21.1 Å². The fourth-order valence-electron chi connectivity index (χ4n) is 6.57. The molecule has 72 heavy (non-hydrogen) atoms. The monoisotopic (exact) mass is 1010 g/mol. The van der Waals surface area contributed by atoms with Crippen molar-refractivity contribution in [3.63, 3.8) is 0 Å². The van der Waals surface area contributed by atoms with Gasteiger partial charge in [0.1, 0.15) is 13.4 Å². The molecule has 0 spiro atoms. The Morgan fingerprint density at radius 1 is 0.611 bits per heavy atom. The van der Waals surface area contributed by atoms with Crippen molar-refractivity contribution in [1.29, 1.82) is 0 Å². The number of hydrazone groups is 1. The number of nitrogens with one attached hydrogen (secondary N) is 3. The van der Waals surface area contributed by atoms with Gasteiger partial charge in [0.15, 0.2) is 0 Å². The quantitative estimate of drug-likeness (QED) is 0.0196. The van der Waals surface area contributed by atoms with E-state index in [-0.39, 0.29) is 54.1 Å². The molecule has 6 aromatic carbocycles. The molecule has 0 bridgehead atoms. The summed E-state index contributed by atoms with van der Waals surface area (Å²) in [6, 6.07) is 57.4. The average molecular weight is 1010 g/mol. The van der Waals surface area contributed by atoms with Gasteiger partial charge in [-0.1, -0.05) is 204 Å². The highest BCUT2D eigenvalue weighted by atomic mass is 31.2. The van der Waals surface area contributed by atoms with Crippen LogP contribution in [0.15, 0.2) is 187 Å². The van der Waals surface area contributed by atoms with Crippen LogP contribution in [0.1, 0.15) is 59.1 Å². The molecule has 6 aromatic rings. The summed E-state index contributed by atoms with van der Waals surface area (Å²) in [5.74, 6) is -2.68. The van der Waals surface area contributed by atoms with Crippen LogP contribution in [0.3, 0.4) is 0 Å². The number of carbonyl (C=O) groups is 6. The summed E-state index contributed by atoms with van der Waals surface area (Å²) >= 11 is 0. The van der Waals surface area contributed by atoms with E-state index in [1.807, 2.05) is 158 Å². The molecule has 15 nitrogen and oxygen atoms in total. The van der Waals surface area contributed by atoms with Crippen molar-refractivity contribution in [3.05, 3.63) is 199 Å². The van der Waals surface area contributed by atoms with E-state index in [4.69, 9.17) is 10.4 Å². The summed E-state index contributed by atoms with van der Waals surface area (Å²) in [5.41, 5.74) is 12.3. The Morgan fingerprint density at radius 2 is 1.01 bits per heavy atom. The molecule has 0 saturated carbocycles. The molecule has 1 heterocycles. The first-order chi connectivity index (χ1) is 33.5. The molecule has 376 valence electrons. The lowest BCUT2D eigenvalue weighted by Crippen LogP contribution is -2.32. The first kappa shape index (κ1) is 60.2. The van der Waals surface area contributed by atoms with Gasteiger partial charge < -0.3 is 25.6 Å². The van der Waals surface area contributed by atoms with Gasteiger partial charge in [-0.15, -0.1) is 5.06 Å². The Kier molecular flexibility index (Phi) is 27.4. The van der Waals surface area contributed by atoms with Gasteiger partial charge in [-0.25, -0.2) is 10.2 Å². The Balaban J connectivity index is 0.000000389. The summed E-state index contributed by atoms with van der Waals surface area (Å²) in [6.45, 7) is 0.808. The molecule has 1 aliphatic heterocycles. The minimum atomic E-state index is -2.97. The first-order valence-electron chi connectivity index (χ1n) is 21.8. The molecule has 1 fully saturated rings. The molecule has 17 heteroatoms. The number of rotatable bonds is 18. The van der Waals surface area contributed by atoms with Crippen LogP contribution in [0.4, 0.5) is 0 Å². The number of hydrogen-bond donors (Lipinski definition) is 3. The third kappa shape index (κ3) is 20.2. The number of amides is 5. The lowest BCUT2D eigenvalue weighted by atomic mass is 10.2. The fourth-order valence-corrected chi connectivity index (χ4v) is 11.5. The Morgan fingerprint density at radius 3 is 1.44 bits per heavy atom. The van der Waals surface area contributed by atoms with E-state index in [2.05, 4.69) is 50.2 Å². The van der Waals surface area contributed by atoms with Crippen LogP contribution in [0.25, 0.3) is 5.53 Å². The lowest BCUT2D eigenvalue weighted by Gasteiger charge is -2.19. The normalized spacial score (nSPS) is 11.3. The maximum absolute atomic E-state index is 13.8. The Labute approximate surface area is 423 Å². The topological polar surface area (TPSA) is 217 Å². The van der Waals surface area contributed by atoms with Gasteiger partial charge in [-0.05, 0) is 35.8 Å². The van der Waals surface area contributed by atoms with Gasteiger partial charge in [0.2, 0.25) is 5.91 Å². The summed E-state index contributed by atoms with van der Waals surface area (Å²) in [4.78, 5) is 77.6. The van der Waals surface area contributed by atoms with Crippen LogP contribution in [0, 0.1) is 0 Å². The minimum absolute atomic E-state index is 0. The van der Waals surface area contributed by atoms with Crippen LogP contribution in [-0.4, -0.2) is 70.1 Å². The van der Waals surface area contributed by atoms with Crippen LogP contribution in [0.5, 0.6) is 0 Å². The predicted octanol–water partition coefficient (Wildman–Crippen LogP) is 7.44. The molecule has 0 atom stereocenters. The maximum Gasteiger partial charge on any atom is 0.344 e. The van der Waals surface area contributed by atoms with E-state index in [9.17, 15) is 33.3 Å². The van der Waals surface area contributed by atoms with Crippen LogP contribution >= 0.6 is 15.1 Å². The van der Waals surface area contributed by atoms with E-state index in [1.54, 1.807) is 0 Å². The number of imide groups is 1. The summed E-state index contributed by atoms with van der Waals surface area (Å²) < 4.78 is 13.8. The van der Waals surface area contributed by atoms with E-state index in [1.165, 1.54) is 10.6 Å². The molecular weight excluding hydrogens is 949 g/mol. The second-order valence-corrected chi connectivity index (χ2v) is 20.2. The molecule has 0 aromatic heterocycles. The summed E-state index contributed by atoms with van der Waals surface area (Å²) in [6.07, 6.45) is 2.98. The molecule has 0 unspecified atom stereocenters. The number of benzene rings is 6. The van der Waals surface area contributed by atoms with Gasteiger partial charge >= 0.3 is 18.1 Å². The molecule has 1 aliphatic rings. The maximum atomic E-state index is 13.8. The largest absolute Gasteiger partial charge is 0.361 e. The molecule has 0 aliphatic carbocycles. The number of hydrogen-bond acceptors (Lipinski definition) is 9. The zero-order valence-electron chi connectivity index (χ0n) is 37.6. The van der Waals surface area contributed by atoms with Gasteiger partial charge in [0, 0.05) is 49.1 Å². The van der Waals surface area contributed by atoms with Crippen molar-refractivity contribution in [2.24, 2.45) is 5.10 Å². The zero-order chi connectivity index (χ0) is 49.1. The standard InChI is InChI=1S/C24H24N3O3P.C19H18NO4P.C9H9N3O.3CH4/c28-23(27-26-19-24(29)25-18-20-10-4-1-5-11-20)16-17-31(30,21-12-6-2-7-13-21)22-14-8-3-9-15-22;21-17-11-12-18(22)20(17)24-19(23)13-14-25(15-7-3-1-4-8-15)16-9-5-2-6-10-16;10-12-7-9(13)11-6-8-4-2-1-3-5-8;;;/h1-15,19H,16-18H2,(H,25,29)(H,27,28);1-10H,11-14H2;1-5,7H,6H2,(H,11,13);3*1H4/b26-19+;;;;;. The molecule has 0 radical (unpaired) electrons. The summed E-state index contributed by atoms with van der Waals surface area (Å²) in [7, 11) is -3.68. The first-order valence-corrected chi connectivity index (χ1v) is 25.2. The summed E-state index contributed by atoms with van der Waals surface area (Å²) in [5, 5.41) is 13.3. The molecule has 7 rings (SSSR count). The number of nitrogens with zero attached hydrogens (tertiary/aromatic N) is 4. The number of hydroxylamine groups is 2. The van der Waals surface area contributed by atoms with Crippen molar-refractivity contribution >= 4 is 84.2 Å². The van der Waals surface area contributed by atoms with Crippen molar-refractivity contribution < 1.29 is 43.0 Å². The Bertz CT molecular complexity index is 2630. The van der Waals surface area contributed by atoms with Crippen molar-refractivity contribution in [3.8, 4) is 0 Å². The zero-order valence-corrected chi connectivity index (χ0v) is 39.4. The highest BCUT2D eigenvalue weighted by Gasteiger charge is 2.33. The van der Waals surface area contributed by atoms with E-state index in [0.717, 1.165) is 23.6 Å². The van der Waals surface area contributed by atoms with E-state index >= 15 is 0 Å². The van der Waals surface area contributed by atoms with E-state index in [0.29, 0.717) is 34.9 Å². The van der Waals surface area contributed by atoms with Crippen molar-refractivity contribution in [2.45, 2.75) is 61.1 Å². The second kappa shape index (κ2) is 32.8. The predicted molar refractivity (Wildman–Crippen MR) is 288 cm³/mol. The third-order valence-electron chi connectivity index (χ3n) is 10.0. The van der Waals surface area contributed by atoms with Crippen LogP contribution in [0.2, 0.25) is 0 Å². The smallest absolute Gasteiger partial charge is 0.344 e. The molecular formula is C55H63N7O8P2.